The molecule has 1 unspecified atom stereocenters. The number of nitrogens with zero attached hydrogens (tertiary/aromatic N) is 1. The Balaban J connectivity index is 1.62. The van der Waals surface area contributed by atoms with E-state index in [0.29, 0.717) is 12.0 Å². The predicted octanol–water partition coefficient (Wildman–Crippen LogP) is 1.83. The molecule has 0 radical (unpaired) electrons. The van der Waals surface area contributed by atoms with Crippen molar-refractivity contribution in [3.05, 3.63) is 23.8 Å². The molecule has 18 nitrogen and oxygen atoms in total. The van der Waals surface area contributed by atoms with Crippen molar-refractivity contribution in [3.63, 3.8) is 0 Å². The second kappa shape index (κ2) is 24.1. The Morgan fingerprint density at radius 2 is 1.52 bits per heavy atom. The van der Waals surface area contributed by atoms with Crippen LogP contribution in [0.25, 0.3) is 0 Å². The van der Waals surface area contributed by atoms with Crippen LogP contribution in [0.1, 0.15) is 87.5 Å². The molecular formula is C46H77NO17. The summed E-state index contributed by atoms with van der Waals surface area (Å²) in [5.74, 6) is -3.59. The summed E-state index contributed by atoms with van der Waals surface area (Å²) in [6, 6.07) is -0.748. The summed E-state index contributed by atoms with van der Waals surface area (Å²) < 4.78 is 54.7. The molecule has 4 aliphatic heterocycles. The number of carbonyl (C=O) groups excluding carboxylic acids is 3. The van der Waals surface area contributed by atoms with Crippen molar-refractivity contribution in [3.8, 4) is 0 Å². The van der Waals surface area contributed by atoms with Gasteiger partial charge in [0.05, 0.1) is 55.2 Å². The van der Waals surface area contributed by atoms with Gasteiger partial charge in [-0.3, -0.25) is 9.59 Å². The molecule has 0 aromatic heterocycles. The number of aliphatic hydroxyl groups is 5. The fraction of sp³-hybridized carbons (Fsp3) is 0.848. The minimum absolute atomic E-state index is 0.00788. The summed E-state index contributed by atoms with van der Waals surface area (Å²) in [5, 5.41) is 55.8. The number of allylic oxidation sites excluding steroid dienone is 3. The SMILES string of the molecule is CC[C@H]1OC(=O)C[C@@H](O)[C@H](C)[C@@H](O[C@@H]2O[C@H](C)[C@@H](O[C@H]3CC(C)(O)[C@@H](O)[C@H](C)O3)[C@H](N(C)C)[C@H]2O)[C@@H](CC=O)C[C@@H](C)C(=O)/C=C/C(C)=C/[C@@H]1CO[C@@H]1O[C@H](C)[C@@H](O)[C@@H](OC)[C@H]1OC. The first kappa shape index (κ1) is 54.3. The summed E-state index contributed by atoms with van der Waals surface area (Å²) in [7, 11) is 6.43. The van der Waals surface area contributed by atoms with Crippen LogP contribution in [0.5, 0.6) is 0 Å². The van der Waals surface area contributed by atoms with Crippen LogP contribution < -0.4 is 0 Å². The van der Waals surface area contributed by atoms with E-state index < -0.39 is 140 Å². The summed E-state index contributed by atoms with van der Waals surface area (Å²) in [4.78, 5) is 41.5. The number of esters is 1. The molecule has 4 heterocycles. The van der Waals surface area contributed by atoms with Gasteiger partial charge < -0.3 is 77.9 Å². The van der Waals surface area contributed by atoms with E-state index in [1.54, 1.807) is 59.7 Å². The van der Waals surface area contributed by atoms with Crippen LogP contribution in [0, 0.1) is 23.7 Å². The Labute approximate surface area is 378 Å². The zero-order valence-electron chi connectivity index (χ0n) is 39.7. The van der Waals surface area contributed by atoms with Crippen LogP contribution in [0.2, 0.25) is 0 Å². The van der Waals surface area contributed by atoms with Gasteiger partial charge in [-0.15, -0.1) is 0 Å². The molecule has 0 saturated carbocycles. The highest BCUT2D eigenvalue weighted by atomic mass is 16.7. The first-order chi connectivity index (χ1) is 30.1. The molecule has 0 aliphatic carbocycles. The average Bonchev–Trinajstić information content (AvgIpc) is 3.23. The number of aliphatic hydroxyl groups excluding tert-OH is 4. The molecular weight excluding hydrogens is 838 g/mol. The first-order valence-electron chi connectivity index (χ1n) is 22.7. The smallest absolute Gasteiger partial charge is 0.308 e. The van der Waals surface area contributed by atoms with Gasteiger partial charge in [-0.05, 0) is 73.5 Å². The zero-order chi connectivity index (χ0) is 47.8. The predicted molar refractivity (Wildman–Crippen MR) is 230 cm³/mol. The van der Waals surface area contributed by atoms with E-state index in [1.165, 1.54) is 27.2 Å². The minimum atomic E-state index is -1.49. The summed E-state index contributed by atoms with van der Waals surface area (Å²) >= 11 is 0. The molecule has 0 amide bonds. The monoisotopic (exact) mass is 916 g/mol. The van der Waals surface area contributed by atoms with Crippen molar-refractivity contribution in [2.75, 3.05) is 34.9 Å². The molecule has 368 valence electrons. The zero-order valence-corrected chi connectivity index (χ0v) is 39.7. The number of likely N-dealkylation sites (N-methyl/N-ethyl adjacent to an activating group) is 1. The van der Waals surface area contributed by atoms with Crippen molar-refractivity contribution in [2.45, 2.75) is 191 Å². The molecule has 0 aromatic carbocycles. The summed E-state index contributed by atoms with van der Waals surface area (Å²) in [5.41, 5.74) is -0.806. The van der Waals surface area contributed by atoms with E-state index in [1.807, 2.05) is 19.9 Å². The van der Waals surface area contributed by atoms with E-state index in [4.69, 9.17) is 42.6 Å². The second-order valence-electron chi connectivity index (χ2n) is 18.7. The highest BCUT2D eigenvalue weighted by Crippen LogP contribution is 2.37. The number of cyclic esters (lactones) is 1. The number of ketones is 1. The topological polar surface area (TPSA) is 239 Å². The van der Waals surface area contributed by atoms with Crippen molar-refractivity contribution in [2.24, 2.45) is 23.7 Å². The molecule has 0 bridgehead atoms. The number of hydrogen-bond acceptors (Lipinski definition) is 18. The molecule has 3 fully saturated rings. The lowest BCUT2D eigenvalue weighted by Gasteiger charge is -2.50. The summed E-state index contributed by atoms with van der Waals surface area (Å²) in [6.07, 6.45) is -8.49. The van der Waals surface area contributed by atoms with Gasteiger partial charge in [0.15, 0.2) is 24.7 Å². The Hall–Kier alpha value is -2.27. The maximum Gasteiger partial charge on any atom is 0.308 e. The van der Waals surface area contributed by atoms with Gasteiger partial charge >= 0.3 is 5.97 Å². The molecule has 3 saturated heterocycles. The lowest BCUT2D eigenvalue weighted by Crippen LogP contribution is -2.65. The second-order valence-corrected chi connectivity index (χ2v) is 18.7. The van der Waals surface area contributed by atoms with Gasteiger partial charge in [0, 0.05) is 44.8 Å². The minimum Gasteiger partial charge on any atom is -0.462 e. The molecule has 4 rings (SSSR count). The molecule has 18 heteroatoms. The van der Waals surface area contributed by atoms with Crippen molar-refractivity contribution in [1.82, 2.24) is 4.90 Å². The van der Waals surface area contributed by atoms with Crippen LogP contribution in [-0.4, -0.2) is 187 Å². The van der Waals surface area contributed by atoms with Gasteiger partial charge in [0.25, 0.3) is 0 Å². The van der Waals surface area contributed by atoms with Crippen LogP contribution in [0.3, 0.4) is 0 Å². The van der Waals surface area contributed by atoms with Gasteiger partial charge in [-0.1, -0.05) is 38.5 Å². The highest BCUT2D eigenvalue weighted by Gasteiger charge is 2.52. The van der Waals surface area contributed by atoms with Crippen LogP contribution in [0.4, 0.5) is 0 Å². The standard InChI is InChI=1S/C46H77NO17/c1-13-33-30(22-58-45-42(57-12)41(56-11)37(52)26(5)60-45)18-23(2)14-15-31(49)24(3)19-29(16-17-48)39(25(4)32(50)20-34(51)62-33)64-44-38(53)36(47(9)10)40(27(6)61-44)63-35-21-46(8,55)43(54)28(7)59-35/h14-15,17-18,24-30,32-33,35-45,50,52-55H,13,16,19-22H2,1-12H3/b15-14+,23-18+/t24-,25+,26-,27-,28+,29+,30-,32-,33-,35+,36-,37-,38-,39-,40-,41-,42-,43+,44+,45-,46?/m1/s1. The van der Waals surface area contributed by atoms with Crippen LogP contribution >= 0.6 is 0 Å². The average molecular weight is 916 g/mol. The number of carbonyl (C=O) groups is 3. The normalized spacial score (nSPS) is 45.9. The quantitative estimate of drug-likeness (QED) is 0.131. The van der Waals surface area contributed by atoms with Crippen molar-refractivity contribution in [1.29, 1.82) is 0 Å². The lowest BCUT2D eigenvalue weighted by molar-refractivity contribution is -0.341. The largest absolute Gasteiger partial charge is 0.462 e. The maximum atomic E-state index is 13.8. The Morgan fingerprint density at radius 1 is 0.859 bits per heavy atom. The van der Waals surface area contributed by atoms with Crippen LogP contribution in [0.15, 0.2) is 23.8 Å². The third kappa shape index (κ3) is 13.5. The number of rotatable bonds is 13. The van der Waals surface area contributed by atoms with Gasteiger partial charge in [0.2, 0.25) is 0 Å². The first-order valence-corrected chi connectivity index (χ1v) is 22.7. The number of aldehydes is 1. The molecule has 0 spiro atoms. The molecule has 64 heavy (non-hydrogen) atoms. The third-order valence-electron chi connectivity index (χ3n) is 13.4. The molecule has 0 aromatic rings. The summed E-state index contributed by atoms with van der Waals surface area (Å²) in [6.45, 7) is 13.6. The van der Waals surface area contributed by atoms with E-state index in [-0.39, 0.29) is 31.7 Å². The van der Waals surface area contributed by atoms with Gasteiger partial charge in [-0.25, -0.2) is 0 Å². The number of ether oxygens (including phenoxy) is 9. The molecule has 21 atom stereocenters. The van der Waals surface area contributed by atoms with E-state index in [2.05, 4.69) is 0 Å². The van der Waals surface area contributed by atoms with E-state index in [0.717, 1.165) is 6.29 Å². The third-order valence-corrected chi connectivity index (χ3v) is 13.4. The van der Waals surface area contributed by atoms with Gasteiger partial charge in [0.1, 0.15) is 49.0 Å². The maximum absolute atomic E-state index is 13.8. The highest BCUT2D eigenvalue weighted by molar-refractivity contribution is 5.91. The van der Waals surface area contributed by atoms with Crippen molar-refractivity contribution >= 4 is 18.0 Å². The fourth-order valence-electron chi connectivity index (χ4n) is 9.51. The van der Waals surface area contributed by atoms with E-state index in [9.17, 15) is 39.9 Å². The molecule has 5 N–H and O–H groups in total. The lowest BCUT2D eigenvalue weighted by atomic mass is 9.79. The number of methoxy groups -OCH3 is 2. The van der Waals surface area contributed by atoms with E-state index >= 15 is 0 Å². The Bertz CT molecular complexity index is 1560. The Kier molecular flexibility index (Phi) is 20.5. The number of hydrogen-bond donors (Lipinski definition) is 5. The fourth-order valence-corrected chi connectivity index (χ4v) is 9.51. The van der Waals surface area contributed by atoms with Crippen LogP contribution in [-0.2, 0) is 57.0 Å². The molecule has 4 aliphatic rings. The Morgan fingerprint density at radius 3 is 2.11 bits per heavy atom. The van der Waals surface area contributed by atoms with Gasteiger partial charge in [-0.2, -0.15) is 0 Å². The van der Waals surface area contributed by atoms with Crippen molar-refractivity contribution < 1.29 is 82.5 Å².